The van der Waals surface area contributed by atoms with E-state index >= 15 is 0 Å². The zero-order chi connectivity index (χ0) is 21.4. The SMILES string of the molecule is CN(C)CCCC1(c2ccc(F)cc2)OCc2cc(-c3ccc4scnc4c3)ccc21. The maximum absolute atomic E-state index is 13.6. The molecule has 0 fully saturated rings. The van der Waals surface area contributed by atoms with E-state index in [1.54, 1.807) is 11.3 Å². The first-order valence-electron chi connectivity index (χ1n) is 10.6. The first-order chi connectivity index (χ1) is 15.0. The van der Waals surface area contributed by atoms with Gasteiger partial charge >= 0.3 is 0 Å². The summed E-state index contributed by atoms with van der Waals surface area (Å²) in [6.45, 7) is 1.54. The fraction of sp³-hybridized carbons (Fsp3) is 0.269. The maximum Gasteiger partial charge on any atom is 0.123 e. The molecule has 5 rings (SSSR count). The molecule has 5 heteroatoms. The van der Waals surface area contributed by atoms with Crippen molar-refractivity contribution >= 4 is 21.6 Å². The lowest BCUT2D eigenvalue weighted by Crippen LogP contribution is -2.28. The highest BCUT2D eigenvalue weighted by molar-refractivity contribution is 7.16. The van der Waals surface area contributed by atoms with E-state index in [-0.39, 0.29) is 5.82 Å². The number of benzene rings is 3. The Bertz CT molecular complexity index is 1220. The molecule has 1 atom stereocenters. The van der Waals surface area contributed by atoms with Crippen LogP contribution in [-0.4, -0.2) is 30.5 Å². The Morgan fingerprint density at radius 3 is 2.61 bits per heavy atom. The first-order valence-corrected chi connectivity index (χ1v) is 11.4. The minimum Gasteiger partial charge on any atom is -0.361 e. The molecule has 0 amide bonds. The van der Waals surface area contributed by atoms with Gasteiger partial charge in [-0.25, -0.2) is 9.37 Å². The van der Waals surface area contributed by atoms with Crippen molar-refractivity contribution in [2.24, 2.45) is 0 Å². The predicted octanol–water partition coefficient (Wildman–Crippen LogP) is 6.22. The Balaban J connectivity index is 1.54. The van der Waals surface area contributed by atoms with Crippen molar-refractivity contribution in [2.75, 3.05) is 20.6 Å². The molecule has 0 saturated heterocycles. The second kappa shape index (κ2) is 8.15. The van der Waals surface area contributed by atoms with Crippen LogP contribution in [0.25, 0.3) is 21.3 Å². The topological polar surface area (TPSA) is 25.4 Å². The Hall–Kier alpha value is -2.60. The van der Waals surface area contributed by atoms with Crippen molar-refractivity contribution in [1.29, 1.82) is 0 Å². The van der Waals surface area contributed by atoms with Crippen LogP contribution in [0.3, 0.4) is 0 Å². The van der Waals surface area contributed by atoms with Gasteiger partial charge in [-0.05, 0) is 91.6 Å². The van der Waals surface area contributed by atoms with Crippen LogP contribution in [-0.2, 0) is 16.9 Å². The number of fused-ring (bicyclic) bond motifs is 2. The zero-order valence-corrected chi connectivity index (χ0v) is 18.6. The van der Waals surface area contributed by atoms with Crippen LogP contribution in [0.2, 0.25) is 0 Å². The summed E-state index contributed by atoms with van der Waals surface area (Å²) in [6.07, 6.45) is 1.85. The van der Waals surface area contributed by atoms with E-state index in [9.17, 15) is 4.39 Å². The molecule has 3 nitrogen and oxygen atoms in total. The molecule has 0 bridgehead atoms. The summed E-state index contributed by atoms with van der Waals surface area (Å²) >= 11 is 1.66. The third kappa shape index (κ3) is 3.78. The predicted molar refractivity (Wildman–Crippen MR) is 125 cm³/mol. The zero-order valence-electron chi connectivity index (χ0n) is 17.8. The number of aromatic nitrogens is 1. The summed E-state index contributed by atoms with van der Waals surface area (Å²) in [5.74, 6) is -0.224. The lowest BCUT2D eigenvalue weighted by Gasteiger charge is -2.31. The van der Waals surface area contributed by atoms with E-state index in [4.69, 9.17) is 4.74 Å². The molecule has 31 heavy (non-hydrogen) atoms. The van der Waals surface area contributed by atoms with Crippen LogP contribution in [0.1, 0.15) is 29.5 Å². The Morgan fingerprint density at radius 2 is 1.81 bits per heavy atom. The molecule has 0 aliphatic carbocycles. The van der Waals surface area contributed by atoms with E-state index in [0.29, 0.717) is 6.61 Å². The first kappa shape index (κ1) is 20.3. The molecule has 4 aromatic rings. The van der Waals surface area contributed by atoms with Crippen LogP contribution >= 0.6 is 11.3 Å². The van der Waals surface area contributed by atoms with Crippen molar-refractivity contribution in [3.05, 3.63) is 88.7 Å². The number of rotatable bonds is 6. The number of hydrogen-bond acceptors (Lipinski definition) is 4. The molecular formula is C26H25FN2OS. The number of hydrogen-bond donors (Lipinski definition) is 0. The highest BCUT2D eigenvalue weighted by atomic mass is 32.1. The van der Waals surface area contributed by atoms with E-state index < -0.39 is 5.60 Å². The van der Waals surface area contributed by atoms with Gasteiger partial charge in [0.1, 0.15) is 11.4 Å². The molecule has 0 N–H and O–H groups in total. The Kier molecular flexibility index (Phi) is 5.34. The van der Waals surface area contributed by atoms with Gasteiger partial charge in [-0.3, -0.25) is 0 Å². The summed E-state index contributed by atoms with van der Waals surface area (Å²) in [5, 5.41) is 0. The molecule has 0 spiro atoms. The van der Waals surface area contributed by atoms with Crippen molar-refractivity contribution in [2.45, 2.75) is 25.0 Å². The van der Waals surface area contributed by atoms with Crippen molar-refractivity contribution < 1.29 is 9.13 Å². The molecule has 3 aromatic carbocycles. The second-order valence-electron chi connectivity index (χ2n) is 8.44. The van der Waals surface area contributed by atoms with Gasteiger partial charge in [0.15, 0.2) is 0 Å². The largest absolute Gasteiger partial charge is 0.361 e. The Morgan fingerprint density at radius 1 is 1.03 bits per heavy atom. The second-order valence-corrected chi connectivity index (χ2v) is 9.32. The third-order valence-electron chi connectivity index (χ3n) is 6.12. The molecule has 2 heterocycles. The van der Waals surface area contributed by atoms with E-state index in [1.165, 1.54) is 33.5 Å². The summed E-state index contributed by atoms with van der Waals surface area (Å²) in [7, 11) is 4.17. The average Bonchev–Trinajstić information content (AvgIpc) is 3.38. The van der Waals surface area contributed by atoms with Crippen molar-refractivity contribution in [3.8, 4) is 11.1 Å². The maximum atomic E-state index is 13.6. The van der Waals surface area contributed by atoms with Crippen LogP contribution in [0.5, 0.6) is 0 Å². The quantitative estimate of drug-likeness (QED) is 0.362. The number of thiazole rings is 1. The lowest BCUT2D eigenvalue weighted by atomic mass is 9.81. The van der Waals surface area contributed by atoms with Gasteiger partial charge in [0.25, 0.3) is 0 Å². The van der Waals surface area contributed by atoms with Gasteiger partial charge in [-0.15, -0.1) is 11.3 Å². The van der Waals surface area contributed by atoms with Crippen LogP contribution in [0, 0.1) is 5.82 Å². The smallest absolute Gasteiger partial charge is 0.123 e. The minimum absolute atomic E-state index is 0.224. The fourth-order valence-corrected chi connectivity index (χ4v) is 5.21. The van der Waals surface area contributed by atoms with Gasteiger partial charge in [0.05, 0.1) is 22.3 Å². The Labute approximate surface area is 186 Å². The molecule has 1 aromatic heterocycles. The molecule has 0 saturated carbocycles. The van der Waals surface area contributed by atoms with Gasteiger partial charge in [-0.1, -0.05) is 30.3 Å². The lowest BCUT2D eigenvalue weighted by molar-refractivity contribution is -0.0140. The van der Waals surface area contributed by atoms with Gasteiger partial charge < -0.3 is 9.64 Å². The van der Waals surface area contributed by atoms with Gasteiger partial charge in [0.2, 0.25) is 0 Å². The molecular weight excluding hydrogens is 407 g/mol. The molecule has 158 valence electrons. The summed E-state index contributed by atoms with van der Waals surface area (Å²) in [4.78, 5) is 6.64. The number of halogens is 1. The highest BCUT2D eigenvalue weighted by Crippen LogP contribution is 2.46. The average molecular weight is 433 g/mol. The molecule has 1 aliphatic heterocycles. The standard InChI is InChI=1S/C26H25FN2OS/c1-29(2)13-3-12-26(21-6-8-22(27)9-7-21)23-10-4-18(14-20(23)16-30-26)19-5-11-25-24(15-19)28-17-31-25/h4-11,14-15,17H,3,12-13,16H2,1-2H3. The van der Waals surface area contributed by atoms with E-state index in [2.05, 4.69) is 60.4 Å². The molecule has 1 unspecified atom stereocenters. The third-order valence-corrected chi connectivity index (χ3v) is 6.93. The fourth-order valence-electron chi connectivity index (χ4n) is 4.56. The van der Waals surface area contributed by atoms with Gasteiger partial charge in [-0.2, -0.15) is 0 Å². The van der Waals surface area contributed by atoms with E-state index in [1.807, 2.05) is 17.6 Å². The van der Waals surface area contributed by atoms with Gasteiger partial charge in [0, 0.05) is 0 Å². The number of nitrogens with zero attached hydrogens (tertiary/aromatic N) is 2. The minimum atomic E-state index is -0.531. The normalized spacial score (nSPS) is 18.1. The van der Waals surface area contributed by atoms with Crippen LogP contribution in [0.4, 0.5) is 4.39 Å². The highest BCUT2D eigenvalue weighted by Gasteiger charge is 2.41. The van der Waals surface area contributed by atoms with Crippen LogP contribution in [0.15, 0.2) is 66.2 Å². The summed E-state index contributed by atoms with van der Waals surface area (Å²) in [6, 6.07) is 19.8. The van der Waals surface area contributed by atoms with Crippen molar-refractivity contribution in [1.82, 2.24) is 9.88 Å². The molecule has 1 aliphatic rings. The molecule has 0 radical (unpaired) electrons. The summed E-state index contributed by atoms with van der Waals surface area (Å²) in [5.41, 5.74) is 8.12. The monoisotopic (exact) mass is 432 g/mol. The number of ether oxygens (including phenoxy) is 1. The van der Waals surface area contributed by atoms with Crippen LogP contribution < -0.4 is 0 Å². The van der Waals surface area contributed by atoms with E-state index in [0.717, 1.165) is 36.0 Å². The van der Waals surface area contributed by atoms with Crippen molar-refractivity contribution in [3.63, 3.8) is 0 Å². The summed E-state index contributed by atoms with van der Waals surface area (Å²) < 4.78 is 21.3.